The zero-order valence-corrected chi connectivity index (χ0v) is 10.9. The topological polar surface area (TPSA) is 44.3 Å². The molecule has 0 fully saturated rings. The van der Waals surface area contributed by atoms with E-state index in [0.717, 1.165) is 23.1 Å². The average molecular weight is 240 g/mol. The van der Waals surface area contributed by atoms with Crippen molar-refractivity contribution in [3.63, 3.8) is 0 Å². The van der Waals surface area contributed by atoms with Gasteiger partial charge < -0.3 is 9.47 Å². The highest BCUT2D eigenvalue weighted by Crippen LogP contribution is 2.32. The standard InChI is InChI=1S/C14H16N4/c1-4-18-12-8-6-5-7-11(12)14(13(18)9-15)16-10-17(2)3/h5-8,10H,4H2,1-3H3. The lowest BCUT2D eigenvalue weighted by molar-refractivity contribution is 0.643. The Morgan fingerprint density at radius 2 is 2.11 bits per heavy atom. The van der Waals surface area contributed by atoms with Crippen LogP contribution >= 0.6 is 0 Å². The van der Waals surface area contributed by atoms with Gasteiger partial charge in [0.15, 0.2) is 0 Å². The van der Waals surface area contributed by atoms with Gasteiger partial charge in [0, 0.05) is 26.0 Å². The van der Waals surface area contributed by atoms with Crippen molar-refractivity contribution in [1.82, 2.24) is 9.47 Å². The molecular weight excluding hydrogens is 224 g/mol. The van der Waals surface area contributed by atoms with Gasteiger partial charge >= 0.3 is 0 Å². The third-order valence-electron chi connectivity index (χ3n) is 2.78. The summed E-state index contributed by atoms with van der Waals surface area (Å²) in [7, 11) is 3.82. The summed E-state index contributed by atoms with van der Waals surface area (Å²) in [4.78, 5) is 6.29. The second-order valence-corrected chi connectivity index (χ2v) is 4.28. The van der Waals surface area contributed by atoms with E-state index in [-0.39, 0.29) is 0 Å². The van der Waals surface area contributed by atoms with Crippen LogP contribution in [-0.4, -0.2) is 29.9 Å². The molecule has 0 bridgehead atoms. The van der Waals surface area contributed by atoms with E-state index in [1.807, 2.05) is 54.8 Å². The van der Waals surface area contributed by atoms with Gasteiger partial charge in [0.1, 0.15) is 17.5 Å². The van der Waals surface area contributed by atoms with Crippen LogP contribution in [0.25, 0.3) is 10.9 Å². The second-order valence-electron chi connectivity index (χ2n) is 4.28. The molecule has 1 aromatic heterocycles. The van der Waals surface area contributed by atoms with Gasteiger partial charge in [0.25, 0.3) is 0 Å². The lowest BCUT2D eigenvalue weighted by atomic mass is 10.2. The molecule has 0 radical (unpaired) electrons. The fourth-order valence-electron chi connectivity index (χ4n) is 2.03. The average Bonchev–Trinajstić information content (AvgIpc) is 2.69. The number of aliphatic imine (C=N–C) groups is 1. The summed E-state index contributed by atoms with van der Waals surface area (Å²) < 4.78 is 2.00. The maximum Gasteiger partial charge on any atom is 0.147 e. The number of hydrogen-bond donors (Lipinski definition) is 0. The van der Waals surface area contributed by atoms with Gasteiger partial charge in [-0.25, -0.2) is 4.99 Å². The van der Waals surface area contributed by atoms with E-state index in [1.165, 1.54) is 0 Å². The molecule has 0 saturated heterocycles. The van der Waals surface area contributed by atoms with Crippen LogP contribution in [-0.2, 0) is 6.54 Å². The number of nitriles is 1. The summed E-state index contributed by atoms with van der Waals surface area (Å²) in [6.07, 6.45) is 1.72. The van der Waals surface area contributed by atoms with Gasteiger partial charge in [0.2, 0.25) is 0 Å². The van der Waals surface area contributed by atoms with Crippen LogP contribution < -0.4 is 0 Å². The first kappa shape index (κ1) is 12.2. The monoisotopic (exact) mass is 240 g/mol. The Kier molecular flexibility index (Phi) is 3.33. The number of benzene rings is 1. The van der Waals surface area contributed by atoms with E-state index in [9.17, 15) is 5.26 Å². The van der Waals surface area contributed by atoms with Crippen molar-refractivity contribution in [2.45, 2.75) is 13.5 Å². The van der Waals surface area contributed by atoms with Crippen molar-refractivity contribution in [2.24, 2.45) is 4.99 Å². The lowest BCUT2D eigenvalue weighted by Crippen LogP contribution is -2.07. The first-order valence-corrected chi connectivity index (χ1v) is 5.91. The smallest absolute Gasteiger partial charge is 0.147 e. The molecule has 0 spiro atoms. The van der Waals surface area contributed by atoms with E-state index in [0.29, 0.717) is 5.69 Å². The molecule has 2 rings (SSSR count). The summed E-state index contributed by atoms with van der Waals surface area (Å²) in [6.45, 7) is 2.80. The number of fused-ring (bicyclic) bond motifs is 1. The third-order valence-corrected chi connectivity index (χ3v) is 2.78. The molecule has 0 N–H and O–H groups in total. The van der Waals surface area contributed by atoms with Gasteiger partial charge in [0.05, 0.1) is 11.9 Å². The van der Waals surface area contributed by atoms with Crippen LogP contribution in [0, 0.1) is 11.3 Å². The minimum atomic E-state index is 0.622. The zero-order valence-electron chi connectivity index (χ0n) is 10.9. The number of aromatic nitrogens is 1. The van der Waals surface area contributed by atoms with Crippen molar-refractivity contribution < 1.29 is 0 Å². The Hall–Kier alpha value is -2.28. The van der Waals surface area contributed by atoms with Crippen molar-refractivity contribution in [3.8, 4) is 6.07 Å². The Morgan fingerprint density at radius 1 is 1.39 bits per heavy atom. The Morgan fingerprint density at radius 3 is 2.72 bits per heavy atom. The molecule has 4 nitrogen and oxygen atoms in total. The molecule has 0 saturated carbocycles. The van der Waals surface area contributed by atoms with Crippen LogP contribution in [0.5, 0.6) is 0 Å². The van der Waals surface area contributed by atoms with Crippen LogP contribution in [0.2, 0.25) is 0 Å². The molecule has 0 aliphatic heterocycles. The van der Waals surface area contributed by atoms with Crippen LogP contribution in [0.1, 0.15) is 12.6 Å². The molecular formula is C14H16N4. The van der Waals surface area contributed by atoms with Crippen molar-refractivity contribution in [2.75, 3.05) is 14.1 Å². The van der Waals surface area contributed by atoms with Crippen molar-refractivity contribution in [3.05, 3.63) is 30.0 Å². The van der Waals surface area contributed by atoms with Crippen molar-refractivity contribution >= 4 is 22.9 Å². The highest BCUT2D eigenvalue weighted by molar-refractivity contribution is 5.96. The van der Waals surface area contributed by atoms with E-state index < -0.39 is 0 Å². The Bertz CT molecular complexity index is 629. The summed E-state index contributed by atoms with van der Waals surface area (Å²) in [5.74, 6) is 0. The minimum absolute atomic E-state index is 0.622. The number of rotatable bonds is 3. The molecule has 2 aromatic rings. The number of para-hydroxylation sites is 1. The van der Waals surface area contributed by atoms with E-state index >= 15 is 0 Å². The first-order valence-electron chi connectivity index (χ1n) is 5.91. The predicted molar refractivity (Wildman–Crippen MR) is 74.2 cm³/mol. The largest absolute Gasteiger partial charge is 0.369 e. The molecule has 18 heavy (non-hydrogen) atoms. The molecule has 92 valence electrons. The minimum Gasteiger partial charge on any atom is -0.369 e. The molecule has 0 atom stereocenters. The highest BCUT2D eigenvalue weighted by Gasteiger charge is 2.14. The number of aryl methyl sites for hydroxylation is 1. The normalized spacial score (nSPS) is 11.0. The second kappa shape index (κ2) is 4.92. The molecule has 0 amide bonds. The highest BCUT2D eigenvalue weighted by atomic mass is 15.1. The molecule has 0 aliphatic rings. The zero-order chi connectivity index (χ0) is 13.1. The molecule has 4 heteroatoms. The van der Waals surface area contributed by atoms with Crippen LogP contribution in [0.4, 0.5) is 5.69 Å². The SMILES string of the molecule is CCn1c(C#N)c(N=CN(C)C)c2ccccc21. The van der Waals surface area contributed by atoms with Gasteiger partial charge in [-0.3, -0.25) is 0 Å². The molecule has 1 heterocycles. The molecule has 0 aliphatic carbocycles. The summed E-state index contributed by atoms with van der Waals surface area (Å²) >= 11 is 0. The van der Waals surface area contributed by atoms with Crippen molar-refractivity contribution in [1.29, 1.82) is 5.26 Å². The van der Waals surface area contributed by atoms with E-state index in [1.54, 1.807) is 6.34 Å². The van der Waals surface area contributed by atoms with Gasteiger partial charge in [-0.05, 0) is 13.0 Å². The number of hydrogen-bond acceptors (Lipinski definition) is 2. The predicted octanol–water partition coefficient (Wildman–Crippen LogP) is 2.75. The fourth-order valence-corrected chi connectivity index (χ4v) is 2.03. The fraction of sp³-hybridized carbons (Fsp3) is 0.286. The first-order chi connectivity index (χ1) is 8.69. The third kappa shape index (κ3) is 1.95. The molecule has 1 aromatic carbocycles. The maximum absolute atomic E-state index is 9.34. The Balaban J connectivity index is 2.74. The summed E-state index contributed by atoms with van der Waals surface area (Å²) in [5.41, 5.74) is 2.43. The van der Waals surface area contributed by atoms with Crippen LogP contribution in [0.15, 0.2) is 29.3 Å². The maximum atomic E-state index is 9.34. The molecule has 0 unspecified atom stereocenters. The van der Waals surface area contributed by atoms with Gasteiger partial charge in [-0.2, -0.15) is 5.26 Å². The number of nitrogens with zero attached hydrogens (tertiary/aromatic N) is 4. The van der Waals surface area contributed by atoms with Gasteiger partial charge in [-0.15, -0.1) is 0 Å². The van der Waals surface area contributed by atoms with Crippen LogP contribution in [0.3, 0.4) is 0 Å². The van der Waals surface area contributed by atoms with Gasteiger partial charge in [-0.1, -0.05) is 18.2 Å². The summed E-state index contributed by atoms with van der Waals surface area (Å²) in [6, 6.07) is 10.2. The van der Waals surface area contributed by atoms with E-state index in [4.69, 9.17) is 0 Å². The quantitative estimate of drug-likeness (QED) is 0.611. The summed E-state index contributed by atoms with van der Waals surface area (Å²) in [5, 5.41) is 10.4. The lowest BCUT2D eigenvalue weighted by Gasteiger charge is -2.02. The Labute approximate surface area is 107 Å². The van der Waals surface area contributed by atoms with E-state index in [2.05, 4.69) is 11.1 Å².